The van der Waals surface area contributed by atoms with Gasteiger partial charge in [-0.25, -0.2) is 4.90 Å². The maximum absolute atomic E-state index is 14.2. The number of ether oxygens (including phenoxy) is 3. The summed E-state index contributed by atoms with van der Waals surface area (Å²) in [6, 6.07) is 24.5. The van der Waals surface area contributed by atoms with Crippen LogP contribution >= 0.6 is 0 Å². The van der Waals surface area contributed by atoms with Crippen LogP contribution in [0.5, 0.6) is 17.2 Å². The second-order valence-corrected chi connectivity index (χ2v) is 10.7. The lowest BCUT2D eigenvalue weighted by Crippen LogP contribution is -2.42. The van der Waals surface area contributed by atoms with Crippen molar-refractivity contribution in [1.82, 2.24) is 0 Å². The molecule has 8 rings (SSSR count). The second-order valence-electron chi connectivity index (χ2n) is 10.7. The van der Waals surface area contributed by atoms with E-state index in [9.17, 15) is 14.4 Å². The van der Waals surface area contributed by atoms with Gasteiger partial charge in [-0.1, -0.05) is 60.2 Å². The predicted octanol–water partition coefficient (Wildman–Crippen LogP) is 5.40. The van der Waals surface area contributed by atoms with Gasteiger partial charge in [-0.05, 0) is 59.2 Å². The van der Waals surface area contributed by atoms with Crippen LogP contribution in [-0.4, -0.2) is 24.6 Å². The Bertz CT molecular complexity index is 1810. The average Bonchev–Trinajstić information content (AvgIpc) is 3.54. The van der Waals surface area contributed by atoms with Gasteiger partial charge in [0.1, 0.15) is 5.75 Å². The molecular formula is C33H23NO6. The first kappa shape index (κ1) is 23.0. The van der Waals surface area contributed by atoms with E-state index in [0.29, 0.717) is 22.9 Å². The highest BCUT2D eigenvalue weighted by molar-refractivity contribution is 6.25. The van der Waals surface area contributed by atoms with Crippen LogP contribution in [0.25, 0.3) is 16.3 Å². The van der Waals surface area contributed by atoms with Gasteiger partial charge >= 0.3 is 5.97 Å². The summed E-state index contributed by atoms with van der Waals surface area (Å²) >= 11 is 0. The topological polar surface area (TPSA) is 82.1 Å². The molecule has 4 aromatic carbocycles. The monoisotopic (exact) mass is 529 g/mol. The molecule has 0 aromatic heterocycles. The molecule has 40 heavy (non-hydrogen) atoms. The number of imide groups is 1. The summed E-state index contributed by atoms with van der Waals surface area (Å²) in [5, 5.41) is 1.93. The molecule has 7 nitrogen and oxygen atoms in total. The van der Waals surface area contributed by atoms with E-state index in [1.165, 1.54) is 4.90 Å². The van der Waals surface area contributed by atoms with E-state index < -0.39 is 29.6 Å². The number of carbonyl (C=O) groups excluding carboxylic acids is 3. The van der Waals surface area contributed by atoms with Gasteiger partial charge in [0.05, 0.1) is 23.4 Å². The van der Waals surface area contributed by atoms with Crippen LogP contribution in [0.1, 0.15) is 22.6 Å². The fraction of sp³-hybridized carbons (Fsp3) is 0.182. The largest absolute Gasteiger partial charge is 0.454 e. The van der Waals surface area contributed by atoms with E-state index in [2.05, 4.69) is 0 Å². The molecule has 1 fully saturated rings. The van der Waals surface area contributed by atoms with E-state index >= 15 is 0 Å². The van der Waals surface area contributed by atoms with Gasteiger partial charge in [0.15, 0.2) is 11.5 Å². The Morgan fingerprint density at radius 1 is 0.775 bits per heavy atom. The summed E-state index contributed by atoms with van der Waals surface area (Å²) in [6.45, 7) is 2.07. The van der Waals surface area contributed by atoms with Crippen molar-refractivity contribution in [2.45, 2.75) is 12.8 Å². The molecule has 4 aromatic rings. The van der Waals surface area contributed by atoms with Crippen molar-refractivity contribution in [3.05, 3.63) is 102 Å². The van der Waals surface area contributed by atoms with Crippen molar-refractivity contribution in [3.8, 4) is 17.2 Å². The van der Waals surface area contributed by atoms with E-state index in [4.69, 9.17) is 14.2 Å². The fourth-order valence-electron chi connectivity index (χ4n) is 6.73. The lowest BCUT2D eigenvalue weighted by molar-refractivity contribution is -0.142. The summed E-state index contributed by atoms with van der Waals surface area (Å²) in [7, 11) is 0. The molecule has 0 spiro atoms. The highest BCUT2D eigenvalue weighted by Gasteiger charge is 2.60. The zero-order valence-corrected chi connectivity index (χ0v) is 21.5. The lowest BCUT2D eigenvalue weighted by Gasteiger charge is -2.38. The van der Waals surface area contributed by atoms with Crippen molar-refractivity contribution < 1.29 is 28.6 Å². The van der Waals surface area contributed by atoms with Gasteiger partial charge < -0.3 is 14.2 Å². The summed E-state index contributed by atoms with van der Waals surface area (Å²) in [4.78, 5) is 43.2. The number of hydrogen-bond acceptors (Lipinski definition) is 6. The van der Waals surface area contributed by atoms with E-state index in [1.54, 1.807) is 18.2 Å². The van der Waals surface area contributed by atoms with Crippen LogP contribution in [0.2, 0.25) is 0 Å². The Morgan fingerprint density at radius 2 is 1.52 bits per heavy atom. The number of amides is 2. The van der Waals surface area contributed by atoms with Crippen molar-refractivity contribution in [2.24, 2.45) is 17.8 Å². The van der Waals surface area contributed by atoms with Crippen molar-refractivity contribution in [1.29, 1.82) is 0 Å². The Hall–Kier alpha value is -4.91. The van der Waals surface area contributed by atoms with Gasteiger partial charge in [-0.15, -0.1) is 0 Å². The number of rotatable bonds is 2. The van der Waals surface area contributed by atoms with Crippen LogP contribution in [0, 0.1) is 24.7 Å². The van der Waals surface area contributed by atoms with Crippen molar-refractivity contribution in [2.75, 3.05) is 11.7 Å². The van der Waals surface area contributed by atoms with Gasteiger partial charge in [0.25, 0.3) is 0 Å². The molecule has 4 aliphatic rings. The Balaban J connectivity index is 1.36. The molecule has 0 unspecified atom stereocenters. The Kier molecular flexibility index (Phi) is 4.77. The third-order valence-electron chi connectivity index (χ3n) is 8.56. The number of carbonyl (C=O) groups is 3. The molecule has 0 N–H and O–H groups in total. The fourth-order valence-corrected chi connectivity index (χ4v) is 6.73. The third-order valence-corrected chi connectivity index (χ3v) is 8.56. The summed E-state index contributed by atoms with van der Waals surface area (Å²) in [5.74, 6) is -2.62. The molecule has 196 valence electrons. The van der Waals surface area contributed by atoms with Crippen LogP contribution in [0.3, 0.4) is 0 Å². The minimum Gasteiger partial charge on any atom is -0.454 e. The number of esters is 1. The maximum Gasteiger partial charge on any atom is 0.319 e. The predicted molar refractivity (Wildman–Crippen MR) is 147 cm³/mol. The van der Waals surface area contributed by atoms with Crippen LogP contribution in [0.4, 0.5) is 5.69 Å². The standard InChI is InChI=1S/C33H23NO6/c1-17-6-10-20(11-7-17)34-31(35)28-22(19-9-12-24-26(14-19)39-16-38-24)15-23-27-21-5-3-2-4-18(21)8-13-25(27)40-33(37)29(23)30(28)32(34)36/h2-15,22,28-30H,16H2,1H3/t22-,28-,29-,30+/m1/s1. The van der Waals surface area contributed by atoms with Gasteiger partial charge in [-0.2, -0.15) is 0 Å². The molecule has 3 heterocycles. The smallest absolute Gasteiger partial charge is 0.319 e. The molecule has 4 atom stereocenters. The number of fused-ring (bicyclic) bond motifs is 8. The highest BCUT2D eigenvalue weighted by Crippen LogP contribution is 2.56. The van der Waals surface area contributed by atoms with Crippen molar-refractivity contribution in [3.63, 3.8) is 0 Å². The average molecular weight is 530 g/mol. The van der Waals surface area contributed by atoms with Crippen LogP contribution in [-0.2, 0) is 14.4 Å². The maximum atomic E-state index is 14.2. The molecule has 0 bridgehead atoms. The molecule has 1 saturated heterocycles. The van der Waals surface area contributed by atoms with Crippen LogP contribution < -0.4 is 19.1 Å². The normalized spacial score (nSPS) is 24.4. The zero-order valence-electron chi connectivity index (χ0n) is 21.5. The third kappa shape index (κ3) is 3.14. The van der Waals surface area contributed by atoms with E-state index in [0.717, 1.165) is 33.0 Å². The van der Waals surface area contributed by atoms with Crippen LogP contribution in [0.15, 0.2) is 84.9 Å². The highest BCUT2D eigenvalue weighted by atomic mass is 16.7. The minimum atomic E-state index is -0.913. The summed E-state index contributed by atoms with van der Waals surface area (Å²) in [6.07, 6.45) is 2.00. The van der Waals surface area contributed by atoms with Gasteiger partial charge in [-0.3, -0.25) is 14.4 Å². The number of nitrogens with zero attached hydrogens (tertiary/aromatic N) is 1. The van der Waals surface area contributed by atoms with E-state index in [1.807, 2.05) is 73.7 Å². The molecule has 0 saturated carbocycles. The number of anilines is 1. The second kappa shape index (κ2) is 8.29. The zero-order chi connectivity index (χ0) is 27.1. The quantitative estimate of drug-likeness (QED) is 0.197. The molecule has 2 amide bonds. The SMILES string of the molecule is Cc1ccc(N2C(=O)[C@@H]3[C@@H]4C(=O)Oc5ccc6ccccc6c5C4=C[C@H](c4ccc5c(c4)OCO5)[C@H]3C2=O)cc1. The van der Waals surface area contributed by atoms with Gasteiger partial charge in [0.2, 0.25) is 18.6 Å². The van der Waals surface area contributed by atoms with E-state index in [-0.39, 0.29) is 18.6 Å². The first-order valence-corrected chi connectivity index (χ1v) is 13.3. The molecule has 7 heteroatoms. The number of hydrogen-bond donors (Lipinski definition) is 0. The molecule has 3 aliphatic heterocycles. The summed E-state index contributed by atoms with van der Waals surface area (Å²) < 4.78 is 17.0. The van der Waals surface area contributed by atoms with Crippen molar-refractivity contribution >= 4 is 39.8 Å². The molecule has 0 radical (unpaired) electrons. The van der Waals surface area contributed by atoms with Gasteiger partial charge in [0, 0.05) is 11.5 Å². The molecule has 1 aliphatic carbocycles. The molecular weight excluding hydrogens is 506 g/mol. The summed E-state index contributed by atoms with van der Waals surface area (Å²) in [5.41, 5.74) is 3.84. The first-order valence-electron chi connectivity index (χ1n) is 13.3. The lowest BCUT2D eigenvalue weighted by atomic mass is 9.64. The number of benzene rings is 4. The first-order chi connectivity index (χ1) is 19.5. The number of aryl methyl sites for hydroxylation is 1. The Morgan fingerprint density at radius 3 is 2.38 bits per heavy atom. The minimum absolute atomic E-state index is 0.127. The number of allylic oxidation sites excluding steroid dienone is 1. The Labute approximate surface area is 229 Å².